The van der Waals surface area contributed by atoms with Crippen molar-refractivity contribution in [3.63, 3.8) is 0 Å². The molecule has 0 unspecified atom stereocenters. The average Bonchev–Trinajstić information content (AvgIpc) is 2.49. The molecule has 0 fully saturated rings. The Kier molecular flexibility index (Phi) is 2.74. The highest BCUT2D eigenvalue weighted by Gasteiger charge is 2.03. The van der Waals surface area contributed by atoms with Crippen molar-refractivity contribution in [3.05, 3.63) is 39.4 Å². The minimum Gasteiger partial charge on any atom is -0.268 e. The van der Waals surface area contributed by atoms with Gasteiger partial charge in [0.15, 0.2) is 0 Å². The summed E-state index contributed by atoms with van der Waals surface area (Å²) >= 11 is 6.93. The molecule has 2 aromatic rings. The summed E-state index contributed by atoms with van der Waals surface area (Å²) in [4.78, 5) is 0. The van der Waals surface area contributed by atoms with Gasteiger partial charge >= 0.3 is 0 Å². The summed E-state index contributed by atoms with van der Waals surface area (Å²) in [6.07, 6.45) is 1.80. The zero-order valence-corrected chi connectivity index (χ0v) is 10.7. The molecule has 14 heavy (non-hydrogen) atoms. The minimum atomic E-state index is 1.06. The van der Waals surface area contributed by atoms with Gasteiger partial charge in [-0.3, -0.25) is 4.68 Å². The zero-order valence-electron chi connectivity index (χ0n) is 7.54. The summed E-state index contributed by atoms with van der Waals surface area (Å²) in [5, 5.41) is 4.14. The van der Waals surface area contributed by atoms with E-state index in [-0.39, 0.29) is 0 Å². The van der Waals surface area contributed by atoms with Crippen LogP contribution >= 0.6 is 31.9 Å². The van der Waals surface area contributed by atoms with E-state index in [1.54, 1.807) is 6.20 Å². The first kappa shape index (κ1) is 9.93. The van der Waals surface area contributed by atoms with E-state index < -0.39 is 0 Å². The topological polar surface area (TPSA) is 17.8 Å². The summed E-state index contributed by atoms with van der Waals surface area (Å²) in [6.45, 7) is 0. The van der Waals surface area contributed by atoms with Crippen LogP contribution in [0.25, 0.3) is 11.3 Å². The fourth-order valence-electron chi connectivity index (χ4n) is 1.36. The van der Waals surface area contributed by atoms with Crippen LogP contribution in [0.2, 0.25) is 0 Å². The molecule has 0 radical (unpaired) electrons. The minimum absolute atomic E-state index is 1.06. The van der Waals surface area contributed by atoms with Crippen LogP contribution in [-0.4, -0.2) is 9.78 Å². The average molecular weight is 316 g/mol. The first-order chi connectivity index (χ1) is 6.66. The Morgan fingerprint density at radius 3 is 2.29 bits per heavy atom. The Labute approximate surface area is 99.2 Å². The van der Waals surface area contributed by atoms with Gasteiger partial charge in [0.1, 0.15) is 0 Å². The quantitative estimate of drug-likeness (QED) is 0.786. The molecule has 1 aromatic carbocycles. The second-order valence-corrected chi connectivity index (χ2v) is 4.83. The van der Waals surface area contributed by atoms with Crippen LogP contribution in [0.5, 0.6) is 0 Å². The molecule has 2 rings (SSSR count). The molecule has 0 aliphatic carbocycles. The van der Waals surface area contributed by atoms with Crippen LogP contribution < -0.4 is 0 Å². The smallest absolute Gasteiger partial charge is 0.0679 e. The maximum atomic E-state index is 4.14. The number of hydrogen-bond acceptors (Lipinski definition) is 1. The standard InChI is InChI=1S/C10H8Br2N2/c1-14-10(2-3-13-14)7-4-8(11)6-9(12)5-7/h2-6H,1H3. The first-order valence-corrected chi connectivity index (χ1v) is 5.70. The molecular formula is C10H8Br2N2. The SMILES string of the molecule is Cn1nccc1-c1cc(Br)cc(Br)c1. The normalized spacial score (nSPS) is 10.5. The van der Waals surface area contributed by atoms with E-state index in [9.17, 15) is 0 Å². The van der Waals surface area contributed by atoms with Crippen molar-refractivity contribution in [3.8, 4) is 11.3 Å². The number of rotatable bonds is 1. The van der Waals surface area contributed by atoms with Crippen molar-refractivity contribution in [2.24, 2.45) is 7.05 Å². The Morgan fingerprint density at radius 1 is 1.14 bits per heavy atom. The Hall–Kier alpha value is -0.610. The molecule has 0 aliphatic heterocycles. The van der Waals surface area contributed by atoms with Gasteiger partial charge in [0, 0.05) is 27.8 Å². The number of aromatic nitrogens is 2. The molecule has 1 aromatic heterocycles. The molecule has 0 spiro atoms. The van der Waals surface area contributed by atoms with Crippen LogP contribution in [0.4, 0.5) is 0 Å². The van der Waals surface area contributed by atoms with Crippen molar-refractivity contribution >= 4 is 31.9 Å². The third-order valence-electron chi connectivity index (χ3n) is 1.98. The summed E-state index contributed by atoms with van der Waals surface area (Å²) in [6, 6.07) is 8.15. The second kappa shape index (κ2) is 3.87. The zero-order chi connectivity index (χ0) is 10.1. The Bertz CT molecular complexity index is 443. The van der Waals surface area contributed by atoms with Gasteiger partial charge in [-0.25, -0.2) is 0 Å². The highest BCUT2D eigenvalue weighted by atomic mass is 79.9. The van der Waals surface area contributed by atoms with Crippen LogP contribution in [0.3, 0.4) is 0 Å². The lowest BCUT2D eigenvalue weighted by atomic mass is 10.1. The molecule has 0 saturated heterocycles. The monoisotopic (exact) mass is 314 g/mol. The molecule has 4 heteroatoms. The van der Waals surface area contributed by atoms with Crippen LogP contribution in [-0.2, 0) is 7.05 Å². The van der Waals surface area contributed by atoms with Gasteiger partial charge in [-0.1, -0.05) is 31.9 Å². The van der Waals surface area contributed by atoms with Crippen molar-refractivity contribution in [1.29, 1.82) is 0 Å². The molecule has 0 atom stereocenters. The predicted molar refractivity (Wildman–Crippen MR) is 64.0 cm³/mol. The summed E-state index contributed by atoms with van der Waals surface area (Å²) in [5.74, 6) is 0. The van der Waals surface area contributed by atoms with Crippen LogP contribution in [0, 0.1) is 0 Å². The van der Waals surface area contributed by atoms with Crippen molar-refractivity contribution < 1.29 is 0 Å². The lowest BCUT2D eigenvalue weighted by molar-refractivity contribution is 0.776. The van der Waals surface area contributed by atoms with Crippen molar-refractivity contribution in [2.45, 2.75) is 0 Å². The molecule has 0 bridgehead atoms. The highest BCUT2D eigenvalue weighted by molar-refractivity contribution is 9.11. The fourth-order valence-corrected chi connectivity index (χ4v) is 2.65. The number of benzene rings is 1. The lowest BCUT2D eigenvalue weighted by Gasteiger charge is -2.03. The van der Waals surface area contributed by atoms with Gasteiger partial charge in [-0.05, 0) is 24.3 Å². The van der Waals surface area contributed by atoms with Gasteiger partial charge in [0.05, 0.1) is 5.69 Å². The molecule has 0 N–H and O–H groups in total. The van der Waals surface area contributed by atoms with E-state index in [1.165, 1.54) is 0 Å². The lowest BCUT2D eigenvalue weighted by Crippen LogP contribution is -1.93. The highest BCUT2D eigenvalue weighted by Crippen LogP contribution is 2.26. The van der Waals surface area contributed by atoms with Crippen molar-refractivity contribution in [2.75, 3.05) is 0 Å². The van der Waals surface area contributed by atoms with Crippen molar-refractivity contribution in [1.82, 2.24) is 9.78 Å². The molecular weight excluding hydrogens is 308 g/mol. The third-order valence-corrected chi connectivity index (χ3v) is 2.89. The van der Waals surface area contributed by atoms with E-state index in [1.807, 2.05) is 23.9 Å². The second-order valence-electron chi connectivity index (χ2n) is 3.00. The molecule has 0 aliphatic rings. The van der Waals surface area contributed by atoms with E-state index in [0.29, 0.717) is 0 Å². The maximum absolute atomic E-state index is 4.14. The van der Waals surface area contributed by atoms with Crippen LogP contribution in [0.15, 0.2) is 39.4 Å². The van der Waals surface area contributed by atoms with E-state index >= 15 is 0 Å². The van der Waals surface area contributed by atoms with Gasteiger partial charge in [0.2, 0.25) is 0 Å². The number of nitrogens with zero attached hydrogens (tertiary/aromatic N) is 2. The van der Waals surface area contributed by atoms with Crippen LogP contribution in [0.1, 0.15) is 0 Å². The van der Waals surface area contributed by atoms with E-state index in [0.717, 1.165) is 20.2 Å². The molecule has 1 heterocycles. The van der Waals surface area contributed by atoms with Gasteiger partial charge in [-0.2, -0.15) is 5.10 Å². The summed E-state index contributed by atoms with van der Waals surface area (Å²) < 4.78 is 3.97. The summed E-state index contributed by atoms with van der Waals surface area (Å²) in [5.41, 5.74) is 2.25. The molecule has 2 nitrogen and oxygen atoms in total. The Morgan fingerprint density at radius 2 is 1.79 bits per heavy atom. The number of hydrogen-bond donors (Lipinski definition) is 0. The number of halogens is 2. The van der Waals surface area contributed by atoms with Gasteiger partial charge in [-0.15, -0.1) is 0 Å². The first-order valence-electron chi connectivity index (χ1n) is 4.11. The largest absolute Gasteiger partial charge is 0.268 e. The fraction of sp³-hybridized carbons (Fsp3) is 0.100. The molecule has 0 saturated carbocycles. The Balaban J connectivity index is 2.57. The predicted octanol–water partition coefficient (Wildman–Crippen LogP) is 3.61. The number of aryl methyl sites for hydroxylation is 1. The van der Waals surface area contributed by atoms with Gasteiger partial charge in [0.25, 0.3) is 0 Å². The summed E-state index contributed by atoms with van der Waals surface area (Å²) in [7, 11) is 1.93. The van der Waals surface area contributed by atoms with E-state index in [2.05, 4.69) is 49.1 Å². The maximum Gasteiger partial charge on any atom is 0.0679 e. The van der Waals surface area contributed by atoms with E-state index in [4.69, 9.17) is 0 Å². The molecule has 0 amide bonds. The molecule has 72 valence electrons. The third kappa shape index (κ3) is 1.91. The van der Waals surface area contributed by atoms with Gasteiger partial charge < -0.3 is 0 Å².